The highest BCUT2D eigenvalue weighted by molar-refractivity contribution is 5.29. The lowest BCUT2D eigenvalue weighted by atomic mass is 10.1. The van der Waals surface area contributed by atoms with E-state index in [0.29, 0.717) is 6.10 Å². The van der Waals surface area contributed by atoms with Gasteiger partial charge in [-0.25, -0.2) is 4.98 Å². The molecule has 1 aromatic heterocycles. The van der Waals surface area contributed by atoms with Crippen molar-refractivity contribution in [2.24, 2.45) is 0 Å². The third kappa shape index (κ3) is 2.07. The second-order valence-electron chi connectivity index (χ2n) is 3.55. The highest BCUT2D eigenvalue weighted by atomic mass is 16.5. The van der Waals surface area contributed by atoms with Gasteiger partial charge in [-0.1, -0.05) is 0 Å². The largest absolute Gasteiger partial charge is 0.378 e. The summed E-state index contributed by atoms with van der Waals surface area (Å²) in [6.07, 6.45) is 6.32. The molecule has 4 heteroatoms. The van der Waals surface area contributed by atoms with Gasteiger partial charge in [0, 0.05) is 32.1 Å². The molecule has 4 nitrogen and oxygen atoms in total. The van der Waals surface area contributed by atoms with Crippen LogP contribution in [0, 0.1) is 0 Å². The van der Waals surface area contributed by atoms with E-state index >= 15 is 0 Å². The van der Waals surface area contributed by atoms with Crippen LogP contribution in [0.1, 0.15) is 19.8 Å². The Hall–Kier alpha value is -1.03. The first-order valence-corrected chi connectivity index (χ1v) is 5.26. The number of aromatic amines is 1. The van der Waals surface area contributed by atoms with E-state index in [9.17, 15) is 0 Å². The van der Waals surface area contributed by atoms with E-state index in [1.54, 1.807) is 6.20 Å². The summed E-state index contributed by atoms with van der Waals surface area (Å²) in [5, 5.41) is 0. The van der Waals surface area contributed by atoms with Gasteiger partial charge in [0.2, 0.25) is 5.95 Å². The smallest absolute Gasteiger partial charge is 0.202 e. The van der Waals surface area contributed by atoms with Crippen LogP contribution in [0.25, 0.3) is 0 Å². The molecule has 2 rings (SSSR count). The number of imidazole rings is 1. The van der Waals surface area contributed by atoms with Crippen molar-refractivity contribution >= 4 is 5.95 Å². The summed E-state index contributed by atoms with van der Waals surface area (Å²) in [6.45, 7) is 4.96. The van der Waals surface area contributed by atoms with Gasteiger partial charge in [0.1, 0.15) is 0 Å². The van der Waals surface area contributed by atoms with Crippen LogP contribution in [-0.2, 0) is 4.74 Å². The summed E-state index contributed by atoms with van der Waals surface area (Å²) in [5.41, 5.74) is 0. The van der Waals surface area contributed by atoms with Crippen LogP contribution >= 0.6 is 0 Å². The van der Waals surface area contributed by atoms with Crippen LogP contribution in [0.5, 0.6) is 0 Å². The molecule has 14 heavy (non-hydrogen) atoms. The molecule has 0 amide bonds. The summed E-state index contributed by atoms with van der Waals surface area (Å²) < 4.78 is 5.59. The minimum atomic E-state index is 0.450. The van der Waals surface area contributed by atoms with Gasteiger partial charge in [-0.15, -0.1) is 0 Å². The zero-order valence-electron chi connectivity index (χ0n) is 8.57. The minimum absolute atomic E-state index is 0.450. The molecule has 1 fully saturated rings. The van der Waals surface area contributed by atoms with Crippen LogP contribution < -0.4 is 4.90 Å². The molecule has 1 saturated heterocycles. The summed E-state index contributed by atoms with van der Waals surface area (Å²) >= 11 is 0. The van der Waals surface area contributed by atoms with E-state index < -0.39 is 0 Å². The molecule has 0 saturated carbocycles. The number of piperidine rings is 1. The number of ether oxygens (including phenoxy) is 1. The van der Waals surface area contributed by atoms with Crippen LogP contribution in [0.2, 0.25) is 0 Å². The summed E-state index contributed by atoms with van der Waals surface area (Å²) in [5.74, 6) is 0.986. The zero-order valence-corrected chi connectivity index (χ0v) is 8.57. The fraction of sp³-hybridized carbons (Fsp3) is 0.700. The predicted molar refractivity (Wildman–Crippen MR) is 55.4 cm³/mol. The van der Waals surface area contributed by atoms with Crippen molar-refractivity contribution in [2.45, 2.75) is 25.9 Å². The Morgan fingerprint density at radius 3 is 2.93 bits per heavy atom. The second kappa shape index (κ2) is 4.46. The number of nitrogens with one attached hydrogen (secondary N) is 1. The van der Waals surface area contributed by atoms with Crippen LogP contribution in [0.3, 0.4) is 0 Å². The second-order valence-corrected chi connectivity index (χ2v) is 3.55. The lowest BCUT2D eigenvalue weighted by molar-refractivity contribution is 0.0457. The molecule has 1 aliphatic heterocycles. The molecule has 0 aromatic carbocycles. The Bertz CT molecular complexity index is 252. The Kier molecular flexibility index (Phi) is 3.03. The van der Waals surface area contributed by atoms with Crippen LogP contribution in [0.15, 0.2) is 12.4 Å². The van der Waals surface area contributed by atoms with Crippen molar-refractivity contribution in [1.82, 2.24) is 9.97 Å². The van der Waals surface area contributed by atoms with Crippen molar-refractivity contribution < 1.29 is 4.74 Å². The van der Waals surface area contributed by atoms with Crippen molar-refractivity contribution in [3.8, 4) is 0 Å². The maximum Gasteiger partial charge on any atom is 0.202 e. The molecule has 0 bridgehead atoms. The van der Waals surface area contributed by atoms with Gasteiger partial charge >= 0.3 is 0 Å². The molecule has 1 aromatic rings. The van der Waals surface area contributed by atoms with E-state index in [1.165, 1.54) is 0 Å². The van der Waals surface area contributed by atoms with E-state index in [2.05, 4.69) is 21.8 Å². The Labute approximate surface area is 84.3 Å². The average molecular weight is 195 g/mol. The Morgan fingerprint density at radius 1 is 1.57 bits per heavy atom. The SMILES string of the molecule is CCOC1CCN(c2ncc[nH]2)CC1. The van der Waals surface area contributed by atoms with Crippen molar-refractivity contribution in [2.75, 3.05) is 24.6 Å². The van der Waals surface area contributed by atoms with Crippen molar-refractivity contribution in [1.29, 1.82) is 0 Å². The number of hydrogen-bond acceptors (Lipinski definition) is 3. The van der Waals surface area contributed by atoms with Gasteiger partial charge in [0.25, 0.3) is 0 Å². The fourth-order valence-electron chi connectivity index (χ4n) is 1.90. The van der Waals surface area contributed by atoms with E-state index in [-0.39, 0.29) is 0 Å². The first kappa shape index (κ1) is 9.52. The third-order valence-corrected chi connectivity index (χ3v) is 2.63. The maximum atomic E-state index is 5.59. The molecule has 1 N–H and O–H groups in total. The Balaban J connectivity index is 1.84. The fourth-order valence-corrected chi connectivity index (χ4v) is 1.90. The summed E-state index contributed by atoms with van der Waals surface area (Å²) in [7, 11) is 0. The number of aromatic nitrogens is 2. The van der Waals surface area contributed by atoms with E-state index in [1.807, 2.05) is 6.20 Å². The van der Waals surface area contributed by atoms with Gasteiger partial charge in [-0.3, -0.25) is 0 Å². The van der Waals surface area contributed by atoms with Gasteiger partial charge in [-0.05, 0) is 19.8 Å². The van der Waals surface area contributed by atoms with Gasteiger partial charge in [0.05, 0.1) is 6.10 Å². The lowest BCUT2D eigenvalue weighted by Crippen LogP contribution is -2.37. The number of H-pyrrole nitrogens is 1. The molecule has 1 aliphatic rings. The maximum absolute atomic E-state index is 5.59. The first-order valence-electron chi connectivity index (χ1n) is 5.26. The minimum Gasteiger partial charge on any atom is -0.378 e. The predicted octanol–water partition coefficient (Wildman–Crippen LogP) is 1.42. The number of anilines is 1. The zero-order chi connectivity index (χ0) is 9.80. The van der Waals surface area contributed by atoms with Gasteiger partial charge < -0.3 is 14.6 Å². The molecular weight excluding hydrogens is 178 g/mol. The monoisotopic (exact) mass is 195 g/mol. The third-order valence-electron chi connectivity index (χ3n) is 2.63. The lowest BCUT2D eigenvalue weighted by Gasteiger charge is -2.31. The summed E-state index contributed by atoms with van der Waals surface area (Å²) in [4.78, 5) is 9.64. The average Bonchev–Trinajstić information content (AvgIpc) is 2.72. The molecule has 0 aliphatic carbocycles. The highest BCUT2D eigenvalue weighted by Crippen LogP contribution is 2.17. The molecule has 0 radical (unpaired) electrons. The molecule has 2 heterocycles. The standard InChI is InChI=1S/C10H17N3O/c1-2-14-9-3-7-13(8-4-9)10-11-5-6-12-10/h5-6,9H,2-4,7-8H2,1H3,(H,11,12). The van der Waals surface area contributed by atoms with Gasteiger partial charge in [-0.2, -0.15) is 0 Å². The normalized spacial score (nSPS) is 18.8. The number of rotatable bonds is 3. The molecule has 78 valence electrons. The molecule has 0 unspecified atom stereocenters. The highest BCUT2D eigenvalue weighted by Gasteiger charge is 2.20. The van der Waals surface area contributed by atoms with Crippen molar-refractivity contribution in [3.63, 3.8) is 0 Å². The van der Waals surface area contributed by atoms with E-state index in [0.717, 1.165) is 38.5 Å². The van der Waals surface area contributed by atoms with Crippen molar-refractivity contribution in [3.05, 3.63) is 12.4 Å². The topological polar surface area (TPSA) is 41.1 Å². The number of hydrogen-bond donors (Lipinski definition) is 1. The molecule has 0 spiro atoms. The molecule has 0 atom stereocenters. The van der Waals surface area contributed by atoms with Crippen LogP contribution in [-0.4, -0.2) is 35.8 Å². The number of nitrogens with zero attached hydrogens (tertiary/aromatic N) is 2. The van der Waals surface area contributed by atoms with E-state index in [4.69, 9.17) is 4.74 Å². The van der Waals surface area contributed by atoms with Crippen LogP contribution in [0.4, 0.5) is 5.95 Å². The first-order chi connectivity index (χ1) is 6.90. The van der Waals surface area contributed by atoms with Gasteiger partial charge in [0.15, 0.2) is 0 Å². The Morgan fingerprint density at radius 2 is 2.36 bits per heavy atom. The summed E-state index contributed by atoms with van der Waals surface area (Å²) in [6, 6.07) is 0. The molecular formula is C10H17N3O. The quantitative estimate of drug-likeness (QED) is 0.793.